The lowest BCUT2D eigenvalue weighted by Crippen LogP contribution is -2.21. The first kappa shape index (κ1) is 11.3. The van der Waals surface area contributed by atoms with E-state index in [2.05, 4.69) is 11.9 Å². The third-order valence-corrected chi connectivity index (χ3v) is 2.99. The predicted molar refractivity (Wildman–Crippen MR) is 60.2 cm³/mol. The Labute approximate surface area is 95.6 Å². The number of hydrogen-bond donors (Lipinski definition) is 0. The first-order chi connectivity index (χ1) is 7.81. The summed E-state index contributed by atoms with van der Waals surface area (Å²) >= 11 is 0. The van der Waals surface area contributed by atoms with Crippen LogP contribution < -0.4 is 0 Å². The van der Waals surface area contributed by atoms with Gasteiger partial charge in [0.2, 0.25) is 0 Å². The maximum atomic E-state index is 11.9. The average Bonchev–Trinajstić information content (AvgIpc) is 2.90. The van der Waals surface area contributed by atoms with Gasteiger partial charge in [-0.3, -0.25) is 4.79 Å². The molecule has 0 spiro atoms. The van der Waals surface area contributed by atoms with Gasteiger partial charge in [0.15, 0.2) is 5.78 Å². The molecule has 1 aromatic rings. The molecule has 0 bridgehead atoms. The molecule has 16 heavy (non-hydrogen) atoms. The maximum absolute atomic E-state index is 11.9. The van der Waals surface area contributed by atoms with Gasteiger partial charge in [-0.1, -0.05) is 6.92 Å². The van der Waals surface area contributed by atoms with Crippen molar-refractivity contribution in [2.45, 2.75) is 32.7 Å². The summed E-state index contributed by atoms with van der Waals surface area (Å²) in [4.78, 5) is 16.2. The van der Waals surface area contributed by atoms with Crippen LogP contribution in [-0.4, -0.2) is 28.5 Å². The van der Waals surface area contributed by atoms with Gasteiger partial charge >= 0.3 is 0 Å². The van der Waals surface area contributed by atoms with Crippen molar-refractivity contribution in [2.75, 3.05) is 13.2 Å². The molecule has 1 aromatic heterocycles. The maximum Gasteiger partial charge on any atom is 0.158 e. The van der Waals surface area contributed by atoms with Crippen molar-refractivity contribution >= 4 is 5.78 Å². The van der Waals surface area contributed by atoms with Crippen LogP contribution >= 0.6 is 0 Å². The quantitative estimate of drug-likeness (QED) is 0.757. The second kappa shape index (κ2) is 5.25. The third kappa shape index (κ3) is 2.50. The topological polar surface area (TPSA) is 44.1 Å². The summed E-state index contributed by atoms with van der Waals surface area (Å²) < 4.78 is 7.19. The van der Waals surface area contributed by atoms with Gasteiger partial charge in [0.1, 0.15) is 5.82 Å². The number of carbonyl (C=O) groups is 1. The molecule has 0 amide bonds. The van der Waals surface area contributed by atoms with Crippen molar-refractivity contribution in [1.29, 1.82) is 0 Å². The summed E-state index contributed by atoms with van der Waals surface area (Å²) in [6.07, 6.45) is 6.51. The number of aromatic nitrogens is 2. The molecule has 0 aliphatic carbocycles. The Kier molecular flexibility index (Phi) is 3.72. The standard InChI is InChI=1S/C12H18N2O2/c1-2-3-12-13-5-6-14(12)8-11(15)10-4-7-16-9-10/h5-6,10H,2-4,7-9H2,1H3. The molecule has 0 radical (unpaired) electrons. The zero-order valence-electron chi connectivity index (χ0n) is 9.69. The van der Waals surface area contributed by atoms with Gasteiger partial charge < -0.3 is 9.30 Å². The number of carbonyl (C=O) groups excluding carboxylic acids is 1. The second-order valence-electron chi connectivity index (χ2n) is 4.25. The van der Waals surface area contributed by atoms with Crippen LogP contribution in [0.4, 0.5) is 0 Å². The summed E-state index contributed by atoms with van der Waals surface area (Å²) in [5.74, 6) is 1.37. The molecule has 1 aliphatic heterocycles. The number of Topliss-reactive ketones (excluding diaryl/α,β-unsaturated/α-hetero) is 1. The van der Waals surface area contributed by atoms with E-state index in [-0.39, 0.29) is 11.7 Å². The predicted octanol–water partition coefficient (Wildman–Crippen LogP) is 1.44. The summed E-state index contributed by atoms with van der Waals surface area (Å²) in [5.41, 5.74) is 0. The minimum atomic E-state index is 0.0943. The van der Waals surface area contributed by atoms with E-state index in [1.165, 1.54) is 0 Å². The fourth-order valence-electron chi connectivity index (χ4n) is 2.02. The molecule has 0 aromatic carbocycles. The van der Waals surface area contributed by atoms with E-state index >= 15 is 0 Å². The molecule has 0 saturated carbocycles. The van der Waals surface area contributed by atoms with Crippen LogP contribution in [0.15, 0.2) is 12.4 Å². The van der Waals surface area contributed by atoms with Gasteiger partial charge in [0.25, 0.3) is 0 Å². The molecule has 1 unspecified atom stereocenters. The normalized spacial score (nSPS) is 20.2. The van der Waals surface area contributed by atoms with Crippen molar-refractivity contribution < 1.29 is 9.53 Å². The third-order valence-electron chi connectivity index (χ3n) is 2.99. The number of imidazole rings is 1. The van der Waals surface area contributed by atoms with Crippen LogP contribution in [0.2, 0.25) is 0 Å². The molecule has 1 fully saturated rings. The lowest BCUT2D eigenvalue weighted by molar-refractivity contribution is -0.123. The van der Waals surface area contributed by atoms with Crippen molar-refractivity contribution in [2.24, 2.45) is 5.92 Å². The highest BCUT2D eigenvalue weighted by Gasteiger charge is 2.23. The van der Waals surface area contributed by atoms with E-state index in [9.17, 15) is 4.79 Å². The van der Waals surface area contributed by atoms with Crippen molar-refractivity contribution in [3.8, 4) is 0 Å². The first-order valence-corrected chi connectivity index (χ1v) is 5.91. The molecule has 4 nitrogen and oxygen atoms in total. The fourth-order valence-corrected chi connectivity index (χ4v) is 2.02. The van der Waals surface area contributed by atoms with Crippen LogP contribution in [0.25, 0.3) is 0 Å². The Morgan fingerprint density at radius 2 is 2.56 bits per heavy atom. The highest BCUT2D eigenvalue weighted by Crippen LogP contribution is 2.15. The number of hydrogen-bond acceptors (Lipinski definition) is 3. The highest BCUT2D eigenvalue weighted by atomic mass is 16.5. The molecule has 0 N–H and O–H groups in total. The van der Waals surface area contributed by atoms with Crippen LogP contribution in [0, 0.1) is 5.92 Å². The molecular formula is C12H18N2O2. The van der Waals surface area contributed by atoms with Crippen LogP contribution in [0.3, 0.4) is 0 Å². The molecule has 2 rings (SSSR count). The van der Waals surface area contributed by atoms with E-state index in [4.69, 9.17) is 4.74 Å². The SMILES string of the molecule is CCCc1nccn1CC(=O)C1CCOC1. The zero-order chi connectivity index (χ0) is 11.4. The van der Waals surface area contributed by atoms with Gasteiger partial charge in [-0.05, 0) is 12.8 Å². The van der Waals surface area contributed by atoms with E-state index in [1.807, 2.05) is 10.8 Å². The van der Waals surface area contributed by atoms with E-state index in [0.29, 0.717) is 13.2 Å². The largest absolute Gasteiger partial charge is 0.381 e. The highest BCUT2D eigenvalue weighted by molar-refractivity contribution is 5.81. The zero-order valence-corrected chi connectivity index (χ0v) is 9.69. The summed E-state index contributed by atoms with van der Waals surface area (Å²) in [6.45, 7) is 3.88. The van der Waals surface area contributed by atoms with Crippen molar-refractivity contribution in [3.63, 3.8) is 0 Å². The van der Waals surface area contributed by atoms with E-state index in [1.54, 1.807) is 6.20 Å². The average molecular weight is 222 g/mol. The summed E-state index contributed by atoms with van der Waals surface area (Å²) in [6, 6.07) is 0. The monoisotopic (exact) mass is 222 g/mol. The minimum absolute atomic E-state index is 0.0943. The second-order valence-corrected chi connectivity index (χ2v) is 4.25. The van der Waals surface area contributed by atoms with Crippen molar-refractivity contribution in [1.82, 2.24) is 9.55 Å². The Morgan fingerprint density at radius 1 is 1.69 bits per heavy atom. The van der Waals surface area contributed by atoms with Gasteiger partial charge in [0, 0.05) is 31.3 Å². The fraction of sp³-hybridized carbons (Fsp3) is 0.667. The Balaban J connectivity index is 1.96. The molecule has 1 atom stereocenters. The number of nitrogens with zero attached hydrogens (tertiary/aromatic N) is 2. The van der Waals surface area contributed by atoms with Crippen LogP contribution in [0.5, 0.6) is 0 Å². The molecule has 1 saturated heterocycles. The van der Waals surface area contributed by atoms with Gasteiger partial charge in [-0.2, -0.15) is 0 Å². The Hall–Kier alpha value is -1.16. The number of ketones is 1. The minimum Gasteiger partial charge on any atom is -0.381 e. The van der Waals surface area contributed by atoms with Crippen LogP contribution in [0.1, 0.15) is 25.6 Å². The molecule has 2 heterocycles. The van der Waals surface area contributed by atoms with Gasteiger partial charge in [-0.15, -0.1) is 0 Å². The van der Waals surface area contributed by atoms with Crippen molar-refractivity contribution in [3.05, 3.63) is 18.2 Å². The number of rotatable bonds is 5. The lowest BCUT2D eigenvalue weighted by atomic mass is 10.0. The number of ether oxygens (including phenoxy) is 1. The lowest BCUT2D eigenvalue weighted by Gasteiger charge is -2.09. The van der Waals surface area contributed by atoms with Crippen LogP contribution in [-0.2, 0) is 22.5 Å². The Morgan fingerprint density at radius 3 is 3.25 bits per heavy atom. The molecule has 88 valence electrons. The molecule has 1 aliphatic rings. The first-order valence-electron chi connectivity index (χ1n) is 5.91. The molecule has 4 heteroatoms. The number of aryl methyl sites for hydroxylation is 1. The Bertz CT molecular complexity index is 354. The van der Waals surface area contributed by atoms with Gasteiger partial charge in [0.05, 0.1) is 13.2 Å². The smallest absolute Gasteiger partial charge is 0.158 e. The molecular weight excluding hydrogens is 204 g/mol. The van der Waals surface area contributed by atoms with E-state index in [0.717, 1.165) is 31.7 Å². The van der Waals surface area contributed by atoms with E-state index < -0.39 is 0 Å². The summed E-state index contributed by atoms with van der Waals surface area (Å²) in [5, 5.41) is 0. The summed E-state index contributed by atoms with van der Waals surface area (Å²) in [7, 11) is 0. The van der Waals surface area contributed by atoms with Gasteiger partial charge in [-0.25, -0.2) is 4.98 Å².